The lowest BCUT2D eigenvalue weighted by Crippen LogP contribution is -2.48. The third kappa shape index (κ3) is 4.13. The van der Waals surface area contributed by atoms with Gasteiger partial charge in [0.1, 0.15) is 17.3 Å². The maximum Gasteiger partial charge on any atom is 0.416 e. The summed E-state index contributed by atoms with van der Waals surface area (Å²) in [7, 11) is -4.03. The predicted octanol–water partition coefficient (Wildman–Crippen LogP) is 2.92. The first-order valence-electron chi connectivity index (χ1n) is 7.77. The van der Waals surface area contributed by atoms with Gasteiger partial charge in [0.15, 0.2) is 0 Å². The van der Waals surface area contributed by atoms with E-state index in [9.17, 15) is 26.4 Å². The summed E-state index contributed by atoms with van der Waals surface area (Å²) in [6, 6.07) is 5.43. The van der Waals surface area contributed by atoms with Crippen LogP contribution >= 0.6 is 15.9 Å². The maximum atomic E-state index is 12.9. The van der Waals surface area contributed by atoms with E-state index in [1.54, 1.807) is 0 Å². The van der Waals surface area contributed by atoms with Crippen LogP contribution < -0.4 is 4.90 Å². The highest BCUT2D eigenvalue weighted by Crippen LogP contribution is 2.34. The normalized spacial score (nSPS) is 16.6. The second-order valence-electron chi connectivity index (χ2n) is 6.02. The number of carboxylic acids is 1. The van der Waals surface area contributed by atoms with Gasteiger partial charge in [-0.2, -0.15) is 17.5 Å². The van der Waals surface area contributed by atoms with Crippen molar-refractivity contribution in [1.82, 2.24) is 9.29 Å². The average Bonchev–Trinajstić information content (AvgIpc) is 2.58. The van der Waals surface area contributed by atoms with Gasteiger partial charge < -0.3 is 10.0 Å². The highest BCUT2D eigenvalue weighted by molar-refractivity contribution is 9.10. The molecule has 1 aliphatic rings. The van der Waals surface area contributed by atoms with Gasteiger partial charge in [0.25, 0.3) is 0 Å². The summed E-state index contributed by atoms with van der Waals surface area (Å²) in [5.41, 5.74) is -0.512. The van der Waals surface area contributed by atoms with Gasteiger partial charge in [-0.1, -0.05) is 12.1 Å². The first-order valence-corrected chi connectivity index (χ1v) is 10.0. The summed E-state index contributed by atoms with van der Waals surface area (Å²) in [6.07, 6.45) is -3.14. The number of sulfonamides is 1. The van der Waals surface area contributed by atoms with E-state index in [-0.39, 0.29) is 23.9 Å². The number of halogens is 4. The number of carboxylic acid groups (broad SMARTS) is 1. The SMILES string of the molecule is O=C(O)CN1CN(Cc2ccc(C(F)(F)F)cc2)S(=O)(=O)c2cc(Br)cnc21. The number of hydrogen-bond donors (Lipinski definition) is 1. The quantitative estimate of drug-likeness (QED) is 0.724. The molecule has 1 aromatic carbocycles. The zero-order valence-corrected chi connectivity index (χ0v) is 16.4. The molecular weight excluding hydrogens is 467 g/mol. The van der Waals surface area contributed by atoms with Crippen LogP contribution in [0.2, 0.25) is 0 Å². The van der Waals surface area contributed by atoms with Gasteiger partial charge >= 0.3 is 12.1 Å². The molecule has 28 heavy (non-hydrogen) atoms. The Hall–Kier alpha value is -2.18. The Kier molecular flexibility index (Phi) is 5.38. The van der Waals surface area contributed by atoms with Gasteiger partial charge in [-0.25, -0.2) is 13.4 Å². The molecule has 0 aliphatic carbocycles. The van der Waals surface area contributed by atoms with E-state index in [1.165, 1.54) is 29.3 Å². The molecule has 2 aromatic rings. The third-order valence-electron chi connectivity index (χ3n) is 4.01. The fourth-order valence-electron chi connectivity index (χ4n) is 2.74. The first-order chi connectivity index (χ1) is 13.0. The van der Waals surface area contributed by atoms with Crippen LogP contribution in [0.5, 0.6) is 0 Å². The van der Waals surface area contributed by atoms with Crippen molar-refractivity contribution in [3.8, 4) is 0 Å². The molecule has 0 saturated carbocycles. The zero-order chi connectivity index (χ0) is 20.7. The van der Waals surface area contributed by atoms with Gasteiger partial charge in [-0.3, -0.25) is 4.79 Å². The Labute approximate surface area is 166 Å². The number of rotatable bonds is 4. The smallest absolute Gasteiger partial charge is 0.416 e. The van der Waals surface area contributed by atoms with Crippen molar-refractivity contribution in [2.24, 2.45) is 0 Å². The summed E-state index contributed by atoms with van der Waals surface area (Å²) >= 11 is 3.14. The number of hydrogen-bond acceptors (Lipinski definition) is 5. The molecular formula is C16H13BrF3N3O4S. The highest BCUT2D eigenvalue weighted by Gasteiger charge is 2.37. The van der Waals surface area contributed by atoms with Crippen molar-refractivity contribution in [2.45, 2.75) is 17.6 Å². The van der Waals surface area contributed by atoms with Crippen molar-refractivity contribution in [1.29, 1.82) is 0 Å². The monoisotopic (exact) mass is 479 g/mol. The number of alkyl halides is 3. The van der Waals surface area contributed by atoms with Crippen molar-refractivity contribution < 1.29 is 31.5 Å². The van der Waals surface area contributed by atoms with Gasteiger partial charge in [0, 0.05) is 17.2 Å². The number of anilines is 1. The minimum Gasteiger partial charge on any atom is -0.480 e. The van der Waals surface area contributed by atoms with Crippen LogP contribution in [0.4, 0.5) is 19.0 Å². The Bertz CT molecular complexity index is 1010. The molecule has 0 atom stereocenters. The number of aromatic nitrogens is 1. The number of pyridine rings is 1. The minimum absolute atomic E-state index is 0.00858. The van der Waals surface area contributed by atoms with E-state index in [2.05, 4.69) is 20.9 Å². The molecule has 1 aliphatic heterocycles. The molecule has 3 rings (SSSR count). The lowest BCUT2D eigenvalue weighted by atomic mass is 10.1. The molecule has 1 N–H and O–H groups in total. The molecule has 0 amide bonds. The van der Waals surface area contributed by atoms with Crippen molar-refractivity contribution >= 4 is 37.7 Å². The highest BCUT2D eigenvalue weighted by atomic mass is 79.9. The average molecular weight is 480 g/mol. The molecule has 0 spiro atoms. The largest absolute Gasteiger partial charge is 0.480 e. The summed E-state index contributed by atoms with van der Waals surface area (Å²) in [4.78, 5) is 16.3. The number of aliphatic carboxylic acids is 1. The molecule has 0 bridgehead atoms. The fraction of sp³-hybridized carbons (Fsp3) is 0.250. The van der Waals surface area contributed by atoms with Gasteiger partial charge in [0.2, 0.25) is 10.0 Å². The zero-order valence-electron chi connectivity index (χ0n) is 14.0. The number of fused-ring (bicyclic) bond motifs is 1. The Morgan fingerprint density at radius 2 is 1.89 bits per heavy atom. The second-order valence-corrected chi connectivity index (χ2v) is 8.84. The summed E-state index contributed by atoms with van der Waals surface area (Å²) in [5, 5.41) is 9.11. The first kappa shape index (κ1) is 20.6. The van der Waals surface area contributed by atoms with Crippen LogP contribution in [0.15, 0.2) is 45.9 Å². The summed E-state index contributed by atoms with van der Waals surface area (Å²) in [6.45, 7) is -1.000. The molecule has 150 valence electrons. The van der Waals surface area contributed by atoms with Crippen molar-refractivity contribution in [2.75, 3.05) is 18.1 Å². The Balaban J connectivity index is 1.96. The molecule has 1 aromatic heterocycles. The van der Waals surface area contributed by atoms with Crippen LogP contribution in [-0.2, 0) is 27.5 Å². The molecule has 0 radical (unpaired) electrons. The molecule has 7 nitrogen and oxygen atoms in total. The molecule has 2 heterocycles. The summed E-state index contributed by atoms with van der Waals surface area (Å²) in [5.74, 6) is -1.17. The predicted molar refractivity (Wildman–Crippen MR) is 96.0 cm³/mol. The van der Waals surface area contributed by atoms with Crippen LogP contribution in [0, 0.1) is 0 Å². The second kappa shape index (κ2) is 7.33. The number of benzene rings is 1. The van der Waals surface area contributed by atoms with Gasteiger partial charge in [0.05, 0.1) is 12.2 Å². The topological polar surface area (TPSA) is 90.8 Å². The molecule has 0 fully saturated rings. The lowest BCUT2D eigenvalue weighted by molar-refractivity contribution is -0.137. The van der Waals surface area contributed by atoms with Gasteiger partial charge in [-0.15, -0.1) is 0 Å². The summed E-state index contributed by atoms with van der Waals surface area (Å²) < 4.78 is 65.3. The minimum atomic E-state index is -4.50. The standard InChI is InChI=1S/C16H13BrF3N3O4S/c17-12-5-13-15(21-6-12)22(8-14(24)25)9-23(28(13,26)27)7-10-1-3-11(4-2-10)16(18,19)20/h1-6H,7-9H2,(H,24,25). The van der Waals surface area contributed by atoms with E-state index in [0.717, 1.165) is 16.4 Å². The third-order valence-corrected chi connectivity index (χ3v) is 6.23. The van der Waals surface area contributed by atoms with E-state index in [0.29, 0.717) is 10.0 Å². The van der Waals surface area contributed by atoms with E-state index >= 15 is 0 Å². The van der Waals surface area contributed by atoms with Crippen molar-refractivity contribution in [3.05, 3.63) is 52.1 Å². The number of carbonyl (C=O) groups is 1. The van der Waals surface area contributed by atoms with Crippen LogP contribution in [0.25, 0.3) is 0 Å². The van der Waals surface area contributed by atoms with E-state index in [1.807, 2.05) is 0 Å². The lowest BCUT2D eigenvalue weighted by Gasteiger charge is -2.35. The van der Waals surface area contributed by atoms with Crippen LogP contribution in [-0.4, -0.2) is 42.0 Å². The van der Waals surface area contributed by atoms with Crippen LogP contribution in [0.3, 0.4) is 0 Å². The van der Waals surface area contributed by atoms with E-state index in [4.69, 9.17) is 5.11 Å². The Morgan fingerprint density at radius 1 is 1.25 bits per heavy atom. The fourth-order valence-corrected chi connectivity index (χ4v) is 4.80. The van der Waals surface area contributed by atoms with Crippen LogP contribution in [0.1, 0.15) is 11.1 Å². The molecule has 12 heteroatoms. The Morgan fingerprint density at radius 3 is 2.46 bits per heavy atom. The number of nitrogens with zero attached hydrogens (tertiary/aromatic N) is 3. The van der Waals surface area contributed by atoms with Gasteiger partial charge in [-0.05, 0) is 39.7 Å². The molecule has 0 saturated heterocycles. The van der Waals surface area contributed by atoms with Crippen molar-refractivity contribution in [3.63, 3.8) is 0 Å². The van der Waals surface area contributed by atoms with E-state index < -0.39 is 34.3 Å². The maximum absolute atomic E-state index is 12.9. The molecule has 0 unspecified atom stereocenters.